The Kier molecular flexibility index (Phi) is 5.23. The van der Waals surface area contributed by atoms with E-state index < -0.39 is 29.0 Å². The number of carbonyl (C=O) groups is 1. The molecule has 0 radical (unpaired) electrons. The van der Waals surface area contributed by atoms with Gasteiger partial charge in [-0.25, -0.2) is 0 Å². The van der Waals surface area contributed by atoms with Crippen molar-refractivity contribution in [2.24, 2.45) is 0 Å². The number of thioether (sulfide) groups is 1. The van der Waals surface area contributed by atoms with Crippen LogP contribution in [0.4, 0.5) is 18.9 Å². The molecule has 0 bridgehead atoms. The third kappa shape index (κ3) is 3.70. The highest BCUT2D eigenvalue weighted by Crippen LogP contribution is 2.44. The number of nitrogens with one attached hydrogen (secondary N) is 1. The van der Waals surface area contributed by atoms with E-state index >= 15 is 0 Å². The van der Waals surface area contributed by atoms with Crippen LogP contribution in [0.2, 0.25) is 0 Å². The Morgan fingerprint density at radius 2 is 2.00 bits per heavy atom. The highest BCUT2D eigenvalue weighted by molar-refractivity contribution is 9.10. The van der Waals surface area contributed by atoms with Crippen LogP contribution in [0.25, 0.3) is 0 Å². The van der Waals surface area contributed by atoms with Gasteiger partial charge in [0.05, 0.1) is 18.4 Å². The van der Waals surface area contributed by atoms with E-state index in [9.17, 15) is 23.1 Å². The average Bonchev–Trinajstić information content (AvgIpc) is 2.59. The first-order valence-electron chi connectivity index (χ1n) is 7.41. The Hall–Kier alpha value is -1.71. The van der Waals surface area contributed by atoms with Crippen molar-refractivity contribution in [3.05, 3.63) is 52.0 Å². The smallest absolute Gasteiger partial charge is 0.416 e. The molecule has 0 unspecified atom stereocenters. The molecule has 4 nitrogen and oxygen atoms in total. The fraction of sp³-hybridized carbons (Fsp3) is 0.235. The molecule has 0 spiro atoms. The number of halogens is 4. The second kappa shape index (κ2) is 7.13. The number of aliphatic hydroxyl groups excluding tert-OH is 1. The van der Waals surface area contributed by atoms with E-state index in [1.54, 1.807) is 18.2 Å². The molecule has 9 heteroatoms. The average molecular weight is 448 g/mol. The minimum absolute atomic E-state index is 0.0829. The summed E-state index contributed by atoms with van der Waals surface area (Å²) in [6, 6.07) is 8.16. The quantitative estimate of drug-likeness (QED) is 0.720. The highest BCUT2D eigenvalue weighted by Gasteiger charge is 2.37. The number of rotatable bonds is 3. The Labute approximate surface area is 159 Å². The van der Waals surface area contributed by atoms with Gasteiger partial charge in [-0.3, -0.25) is 4.79 Å². The summed E-state index contributed by atoms with van der Waals surface area (Å²) in [5.74, 6) is -0.163. The van der Waals surface area contributed by atoms with Crippen LogP contribution in [0, 0.1) is 0 Å². The summed E-state index contributed by atoms with van der Waals surface area (Å²) in [6.45, 7) is 0. The molecule has 0 saturated carbocycles. The number of methoxy groups -OCH3 is 1. The Morgan fingerprint density at radius 1 is 1.27 bits per heavy atom. The fourth-order valence-corrected chi connectivity index (χ4v) is 4.09. The third-order valence-electron chi connectivity index (χ3n) is 3.87. The summed E-state index contributed by atoms with van der Waals surface area (Å²) in [7, 11) is 1.45. The van der Waals surface area contributed by atoms with Gasteiger partial charge in [-0.15, -0.1) is 11.8 Å². The van der Waals surface area contributed by atoms with E-state index in [0.29, 0.717) is 20.7 Å². The Balaban J connectivity index is 1.92. The predicted molar refractivity (Wildman–Crippen MR) is 95.4 cm³/mol. The molecule has 1 amide bonds. The van der Waals surface area contributed by atoms with Crippen LogP contribution in [-0.2, 0) is 11.0 Å². The monoisotopic (exact) mass is 447 g/mol. The summed E-state index contributed by atoms with van der Waals surface area (Å²) in [5, 5.41) is 12.2. The summed E-state index contributed by atoms with van der Waals surface area (Å²) < 4.78 is 44.4. The molecular weight excluding hydrogens is 435 g/mol. The molecule has 26 heavy (non-hydrogen) atoms. The summed E-state index contributed by atoms with van der Waals surface area (Å²) in [6.07, 6.45) is -5.70. The lowest BCUT2D eigenvalue weighted by Crippen LogP contribution is -2.34. The van der Waals surface area contributed by atoms with Crippen LogP contribution in [-0.4, -0.2) is 23.4 Å². The lowest BCUT2D eigenvalue weighted by Gasteiger charge is -2.29. The number of anilines is 1. The number of benzene rings is 2. The van der Waals surface area contributed by atoms with Gasteiger partial charge in [0.25, 0.3) is 0 Å². The Morgan fingerprint density at radius 3 is 2.65 bits per heavy atom. The number of fused-ring (bicyclic) bond motifs is 1. The molecule has 0 aliphatic carbocycles. The molecule has 2 aromatic carbocycles. The number of carbonyl (C=O) groups excluding carboxylic acids is 1. The zero-order chi connectivity index (χ0) is 19.1. The van der Waals surface area contributed by atoms with Gasteiger partial charge in [-0.1, -0.05) is 15.9 Å². The molecule has 2 aromatic rings. The zero-order valence-electron chi connectivity index (χ0n) is 13.3. The summed E-state index contributed by atoms with van der Waals surface area (Å²) in [5.41, 5.74) is -0.353. The highest BCUT2D eigenvalue weighted by atomic mass is 79.9. The maximum absolute atomic E-state index is 12.8. The third-order valence-corrected chi connectivity index (χ3v) is 5.70. The molecule has 2 atom stereocenters. The van der Waals surface area contributed by atoms with Gasteiger partial charge in [0, 0.05) is 14.9 Å². The van der Waals surface area contributed by atoms with Crippen molar-refractivity contribution in [2.45, 2.75) is 22.4 Å². The van der Waals surface area contributed by atoms with E-state index in [1.807, 2.05) is 0 Å². The van der Waals surface area contributed by atoms with E-state index in [0.717, 1.165) is 23.9 Å². The molecule has 1 heterocycles. The van der Waals surface area contributed by atoms with Crippen molar-refractivity contribution < 1.29 is 27.8 Å². The summed E-state index contributed by atoms with van der Waals surface area (Å²) >= 11 is 4.32. The molecule has 0 aromatic heterocycles. The first kappa shape index (κ1) is 19.1. The minimum Gasteiger partial charge on any atom is -0.496 e. The lowest BCUT2D eigenvalue weighted by atomic mass is 10.0. The maximum atomic E-state index is 12.8. The van der Waals surface area contributed by atoms with Gasteiger partial charge >= 0.3 is 6.18 Å². The minimum atomic E-state index is -4.50. The first-order chi connectivity index (χ1) is 12.2. The molecular formula is C17H13BrF3NO3S. The summed E-state index contributed by atoms with van der Waals surface area (Å²) in [4.78, 5) is 12.8. The Bertz CT molecular complexity index is 860. The van der Waals surface area contributed by atoms with Crippen LogP contribution in [0.15, 0.2) is 45.8 Å². The van der Waals surface area contributed by atoms with Crippen LogP contribution in [0.1, 0.15) is 17.2 Å². The molecule has 0 fully saturated rings. The SMILES string of the molecule is COc1ccc(Br)cc1[C@@H](O)[C@H]1Sc2ccc(C(F)(F)F)cc2NC1=O. The van der Waals surface area contributed by atoms with E-state index in [1.165, 1.54) is 13.2 Å². The van der Waals surface area contributed by atoms with Crippen LogP contribution >= 0.6 is 27.7 Å². The number of hydrogen-bond donors (Lipinski definition) is 2. The van der Waals surface area contributed by atoms with Gasteiger partial charge in [0.2, 0.25) is 5.91 Å². The van der Waals surface area contributed by atoms with Crippen molar-refractivity contribution in [1.29, 1.82) is 0 Å². The largest absolute Gasteiger partial charge is 0.496 e. The van der Waals surface area contributed by atoms with Gasteiger partial charge in [-0.2, -0.15) is 13.2 Å². The van der Waals surface area contributed by atoms with Crippen LogP contribution in [0.3, 0.4) is 0 Å². The van der Waals surface area contributed by atoms with Crippen molar-refractivity contribution in [1.82, 2.24) is 0 Å². The number of aliphatic hydroxyl groups is 1. The second-order valence-corrected chi connectivity index (χ2v) is 7.67. The van der Waals surface area contributed by atoms with E-state index in [4.69, 9.17) is 4.74 Å². The zero-order valence-corrected chi connectivity index (χ0v) is 15.7. The van der Waals surface area contributed by atoms with Crippen LogP contribution < -0.4 is 10.1 Å². The fourth-order valence-electron chi connectivity index (χ4n) is 2.61. The molecule has 0 saturated heterocycles. The first-order valence-corrected chi connectivity index (χ1v) is 9.08. The second-order valence-electron chi connectivity index (χ2n) is 5.57. The van der Waals surface area contributed by atoms with Crippen molar-refractivity contribution in [3.8, 4) is 5.75 Å². The lowest BCUT2D eigenvalue weighted by molar-refractivity contribution is -0.137. The molecule has 138 valence electrons. The van der Waals surface area contributed by atoms with E-state index in [2.05, 4.69) is 21.2 Å². The van der Waals surface area contributed by atoms with Gasteiger partial charge in [0.15, 0.2) is 0 Å². The molecule has 2 N–H and O–H groups in total. The van der Waals surface area contributed by atoms with Gasteiger partial charge < -0.3 is 15.2 Å². The van der Waals surface area contributed by atoms with Crippen LogP contribution in [0.5, 0.6) is 5.75 Å². The number of alkyl halides is 3. The molecule has 1 aliphatic rings. The number of hydrogen-bond acceptors (Lipinski definition) is 4. The van der Waals surface area contributed by atoms with Crippen molar-refractivity contribution in [2.75, 3.05) is 12.4 Å². The number of ether oxygens (including phenoxy) is 1. The standard InChI is InChI=1S/C17H13BrF3NO3S/c1-25-12-4-3-9(18)7-10(12)14(23)15-16(24)22-11-6-8(17(19,20)21)2-5-13(11)26-15/h2-7,14-15,23H,1H3,(H,22,24)/t14-,15-/m1/s1. The van der Waals surface area contributed by atoms with Gasteiger partial charge in [0.1, 0.15) is 17.1 Å². The molecule has 3 rings (SSSR count). The molecule has 1 aliphatic heterocycles. The van der Waals surface area contributed by atoms with Gasteiger partial charge in [-0.05, 0) is 36.4 Å². The van der Waals surface area contributed by atoms with Crippen molar-refractivity contribution >= 4 is 39.3 Å². The maximum Gasteiger partial charge on any atom is 0.416 e. The van der Waals surface area contributed by atoms with Crippen molar-refractivity contribution in [3.63, 3.8) is 0 Å². The number of amides is 1. The van der Waals surface area contributed by atoms with E-state index in [-0.39, 0.29) is 5.69 Å². The predicted octanol–water partition coefficient (Wildman–Crippen LogP) is 4.62. The normalized spacial score (nSPS) is 18.1. The topological polar surface area (TPSA) is 58.6 Å².